The molecule has 1 N–H and O–H groups in total. The van der Waals surface area contributed by atoms with Crippen molar-refractivity contribution in [3.63, 3.8) is 0 Å². The Hall–Kier alpha value is -4.58. The summed E-state index contributed by atoms with van der Waals surface area (Å²) in [4.78, 5) is 28.4. The van der Waals surface area contributed by atoms with Gasteiger partial charge in [0.05, 0.1) is 24.5 Å². The van der Waals surface area contributed by atoms with E-state index in [-0.39, 0.29) is 24.9 Å². The van der Waals surface area contributed by atoms with E-state index in [4.69, 9.17) is 4.42 Å². The number of carbonyl (C=O) groups excluding carboxylic acids is 2. The lowest BCUT2D eigenvalue weighted by Crippen LogP contribution is -2.39. The van der Waals surface area contributed by atoms with Gasteiger partial charge in [-0.15, -0.1) is 0 Å². The van der Waals surface area contributed by atoms with Crippen molar-refractivity contribution in [1.82, 2.24) is 14.8 Å². The van der Waals surface area contributed by atoms with Crippen molar-refractivity contribution < 1.29 is 14.0 Å². The number of para-hydroxylation sites is 1. The van der Waals surface area contributed by atoms with Crippen LogP contribution in [-0.4, -0.2) is 27.8 Å². The Bertz CT molecular complexity index is 1570. The smallest absolute Gasteiger partial charge is 0.255 e. The van der Waals surface area contributed by atoms with Gasteiger partial charge in [0.2, 0.25) is 5.91 Å². The summed E-state index contributed by atoms with van der Waals surface area (Å²) in [5.41, 5.74) is 5.74. The molecule has 36 heavy (non-hydrogen) atoms. The van der Waals surface area contributed by atoms with Gasteiger partial charge in [-0.25, -0.2) is 0 Å². The first-order valence-corrected chi connectivity index (χ1v) is 11.9. The molecular formula is C30H25N3O3. The summed E-state index contributed by atoms with van der Waals surface area (Å²) in [6, 6.07) is 29.3. The first-order chi connectivity index (χ1) is 17.6. The second-order valence-electron chi connectivity index (χ2n) is 8.98. The third kappa shape index (κ3) is 3.58. The lowest BCUT2D eigenvalue weighted by Gasteiger charge is -2.26. The third-order valence-electron chi connectivity index (χ3n) is 6.88. The number of aryl methyl sites for hydroxylation is 1. The summed E-state index contributed by atoms with van der Waals surface area (Å²) in [6.45, 7) is 0.214. The van der Waals surface area contributed by atoms with E-state index in [1.54, 1.807) is 17.2 Å². The molecule has 5 aromatic rings. The molecule has 0 spiro atoms. The SMILES string of the molecule is Cn1c(-c2ccccc2)c([C@@H]2c3ccccc3C(=O)N2CC(=O)NCc2ccco2)c2ccccc21. The molecule has 0 aliphatic carbocycles. The van der Waals surface area contributed by atoms with Gasteiger partial charge in [0.1, 0.15) is 12.3 Å². The Morgan fingerprint density at radius 2 is 1.67 bits per heavy atom. The van der Waals surface area contributed by atoms with E-state index in [9.17, 15) is 9.59 Å². The summed E-state index contributed by atoms with van der Waals surface area (Å²) in [5.74, 6) is 0.283. The molecule has 0 saturated heterocycles. The second kappa shape index (κ2) is 8.89. The predicted octanol–water partition coefficient (Wildman–Crippen LogP) is 5.30. The molecule has 6 heteroatoms. The van der Waals surface area contributed by atoms with Crippen molar-refractivity contribution in [2.75, 3.05) is 6.54 Å². The quantitative estimate of drug-likeness (QED) is 0.362. The zero-order valence-electron chi connectivity index (χ0n) is 19.8. The fourth-order valence-electron chi connectivity index (χ4n) is 5.30. The van der Waals surface area contributed by atoms with E-state index in [1.165, 1.54) is 0 Å². The Morgan fingerprint density at radius 1 is 0.917 bits per heavy atom. The minimum absolute atomic E-state index is 0.0592. The number of furan rings is 1. The number of benzene rings is 3. The van der Waals surface area contributed by atoms with Crippen LogP contribution in [0.1, 0.15) is 33.3 Å². The van der Waals surface area contributed by atoms with Crippen molar-refractivity contribution in [3.05, 3.63) is 120 Å². The highest BCUT2D eigenvalue weighted by Crippen LogP contribution is 2.46. The topological polar surface area (TPSA) is 67.5 Å². The summed E-state index contributed by atoms with van der Waals surface area (Å²) in [7, 11) is 2.05. The normalized spacial score (nSPS) is 14.9. The van der Waals surface area contributed by atoms with Gasteiger partial charge in [-0.1, -0.05) is 66.7 Å². The number of aromatic nitrogens is 1. The fourth-order valence-corrected chi connectivity index (χ4v) is 5.30. The van der Waals surface area contributed by atoms with Crippen LogP contribution in [0.5, 0.6) is 0 Å². The largest absolute Gasteiger partial charge is 0.467 e. The molecule has 0 unspecified atom stereocenters. The number of carbonyl (C=O) groups is 2. The molecule has 0 bridgehead atoms. The Labute approximate surface area is 208 Å². The van der Waals surface area contributed by atoms with Crippen LogP contribution in [0.2, 0.25) is 0 Å². The van der Waals surface area contributed by atoms with Crippen LogP contribution in [0.3, 0.4) is 0 Å². The second-order valence-corrected chi connectivity index (χ2v) is 8.98. The lowest BCUT2D eigenvalue weighted by molar-refractivity contribution is -0.122. The van der Waals surface area contributed by atoms with E-state index in [0.717, 1.165) is 33.3 Å². The van der Waals surface area contributed by atoms with E-state index in [0.29, 0.717) is 11.3 Å². The fraction of sp³-hybridized carbons (Fsp3) is 0.133. The van der Waals surface area contributed by atoms with Crippen LogP contribution >= 0.6 is 0 Å². The van der Waals surface area contributed by atoms with Crippen LogP contribution in [0.25, 0.3) is 22.2 Å². The highest BCUT2D eigenvalue weighted by atomic mass is 16.3. The van der Waals surface area contributed by atoms with Crippen LogP contribution in [0.4, 0.5) is 0 Å². The number of rotatable bonds is 6. The molecule has 178 valence electrons. The van der Waals surface area contributed by atoms with Crippen LogP contribution < -0.4 is 5.32 Å². The zero-order valence-corrected chi connectivity index (χ0v) is 19.8. The molecule has 1 aliphatic rings. The summed E-state index contributed by atoms with van der Waals surface area (Å²) >= 11 is 0. The minimum atomic E-state index is -0.399. The average molecular weight is 476 g/mol. The van der Waals surface area contributed by atoms with E-state index < -0.39 is 6.04 Å². The molecule has 2 aromatic heterocycles. The van der Waals surface area contributed by atoms with Gasteiger partial charge in [0, 0.05) is 29.1 Å². The molecule has 3 aromatic carbocycles. The maximum Gasteiger partial charge on any atom is 0.255 e. The zero-order chi connectivity index (χ0) is 24.6. The highest BCUT2D eigenvalue weighted by molar-refractivity contribution is 6.03. The molecule has 6 nitrogen and oxygen atoms in total. The van der Waals surface area contributed by atoms with Gasteiger partial charge in [-0.05, 0) is 35.4 Å². The van der Waals surface area contributed by atoms with Gasteiger partial charge in [0.25, 0.3) is 5.91 Å². The summed E-state index contributed by atoms with van der Waals surface area (Å²) < 4.78 is 7.51. The van der Waals surface area contributed by atoms with Gasteiger partial charge in [-0.2, -0.15) is 0 Å². The van der Waals surface area contributed by atoms with Crippen LogP contribution in [0.15, 0.2) is 102 Å². The average Bonchev–Trinajstić information content (AvgIpc) is 3.60. The number of hydrogen-bond acceptors (Lipinski definition) is 3. The Kier molecular flexibility index (Phi) is 5.41. The maximum absolute atomic E-state index is 13.7. The van der Waals surface area contributed by atoms with Crippen LogP contribution in [0, 0.1) is 0 Å². The van der Waals surface area contributed by atoms with Crippen LogP contribution in [-0.2, 0) is 18.4 Å². The van der Waals surface area contributed by atoms with E-state index >= 15 is 0 Å². The predicted molar refractivity (Wildman–Crippen MR) is 138 cm³/mol. The van der Waals surface area contributed by atoms with E-state index in [1.807, 2.05) is 60.7 Å². The Balaban J connectivity index is 1.48. The van der Waals surface area contributed by atoms with Gasteiger partial charge in [-0.3, -0.25) is 9.59 Å². The monoisotopic (exact) mass is 475 g/mol. The number of nitrogens with one attached hydrogen (secondary N) is 1. The molecular weight excluding hydrogens is 450 g/mol. The number of nitrogens with zero attached hydrogens (tertiary/aromatic N) is 2. The molecule has 0 radical (unpaired) electrons. The number of fused-ring (bicyclic) bond motifs is 2. The van der Waals surface area contributed by atoms with Gasteiger partial charge >= 0.3 is 0 Å². The van der Waals surface area contributed by atoms with Gasteiger partial charge in [0.15, 0.2) is 0 Å². The highest BCUT2D eigenvalue weighted by Gasteiger charge is 2.41. The van der Waals surface area contributed by atoms with Crippen molar-refractivity contribution >= 4 is 22.7 Å². The maximum atomic E-state index is 13.7. The molecule has 0 saturated carbocycles. The molecule has 3 heterocycles. The number of hydrogen-bond donors (Lipinski definition) is 1. The molecule has 6 rings (SSSR count). The molecule has 1 aliphatic heterocycles. The first-order valence-electron chi connectivity index (χ1n) is 11.9. The first kappa shape index (κ1) is 21.9. The summed E-state index contributed by atoms with van der Waals surface area (Å²) in [5, 5.41) is 3.95. The van der Waals surface area contributed by atoms with Crippen molar-refractivity contribution in [2.24, 2.45) is 7.05 Å². The van der Waals surface area contributed by atoms with Crippen molar-refractivity contribution in [1.29, 1.82) is 0 Å². The molecule has 1 atom stereocenters. The standard InChI is InChI=1S/C30H25N3O3/c1-32-25-16-8-7-15-24(25)27(28(32)20-10-3-2-4-11-20)29-22-13-5-6-14-23(22)30(35)33(29)19-26(34)31-18-21-12-9-17-36-21/h2-17,29H,18-19H2,1H3,(H,31,34)/t29-/m0/s1. The number of amides is 2. The minimum Gasteiger partial charge on any atom is -0.467 e. The van der Waals surface area contributed by atoms with Gasteiger partial charge < -0.3 is 19.2 Å². The lowest BCUT2D eigenvalue weighted by atomic mass is 9.93. The molecule has 2 amide bonds. The summed E-state index contributed by atoms with van der Waals surface area (Å²) in [6.07, 6.45) is 1.57. The Morgan fingerprint density at radius 3 is 2.47 bits per heavy atom. The van der Waals surface area contributed by atoms with E-state index in [2.05, 4.69) is 41.2 Å². The van der Waals surface area contributed by atoms with Crippen molar-refractivity contribution in [3.8, 4) is 11.3 Å². The third-order valence-corrected chi connectivity index (χ3v) is 6.88. The van der Waals surface area contributed by atoms with Crippen molar-refractivity contribution in [2.45, 2.75) is 12.6 Å². The molecule has 0 fully saturated rings.